The maximum atomic E-state index is 13.1. The van der Waals surface area contributed by atoms with Crippen LogP contribution in [0.25, 0.3) is 0 Å². The van der Waals surface area contributed by atoms with E-state index in [1.807, 2.05) is 24.3 Å². The second-order valence-corrected chi connectivity index (χ2v) is 6.48. The Morgan fingerprint density at radius 2 is 1.89 bits per heavy atom. The molecule has 1 aliphatic heterocycles. The number of nitrogens with two attached hydrogens (primary N) is 1. The molecule has 1 saturated heterocycles. The van der Waals surface area contributed by atoms with Gasteiger partial charge < -0.3 is 20.3 Å². The fraction of sp³-hybridized carbons (Fsp3) is 0.400. The van der Waals surface area contributed by atoms with Crippen LogP contribution in [0, 0.1) is 5.82 Å². The predicted octanol–water partition coefficient (Wildman–Crippen LogP) is 2.65. The number of hydrogen-bond donors (Lipinski definition) is 1. The first-order chi connectivity index (χ1) is 13.2. The van der Waals surface area contributed by atoms with Crippen LogP contribution in [0.2, 0.25) is 0 Å². The first kappa shape index (κ1) is 18.9. The molecule has 144 valence electrons. The Balaban J connectivity index is 1.49. The predicted molar refractivity (Wildman–Crippen MR) is 106 cm³/mol. The second kappa shape index (κ2) is 9.21. The number of anilines is 1. The van der Waals surface area contributed by atoms with Crippen molar-refractivity contribution in [3.8, 4) is 5.88 Å². The number of hydrogen-bond acceptors (Lipinski definition) is 4. The maximum Gasteiger partial charge on any atom is 0.213 e. The molecule has 1 aromatic heterocycles. The van der Waals surface area contributed by atoms with Gasteiger partial charge in [0.25, 0.3) is 0 Å². The summed E-state index contributed by atoms with van der Waals surface area (Å²) in [6, 6.07) is 10.4. The largest absolute Gasteiger partial charge is 0.478 e. The average Bonchev–Trinajstić information content (AvgIpc) is 2.72. The number of benzene rings is 1. The molecular formula is C20H26FN5O. The fourth-order valence-electron chi connectivity index (χ4n) is 2.91. The number of pyridine rings is 1. The first-order valence-electron chi connectivity index (χ1n) is 9.29. The van der Waals surface area contributed by atoms with E-state index in [4.69, 9.17) is 10.5 Å². The van der Waals surface area contributed by atoms with Gasteiger partial charge in [0.15, 0.2) is 5.96 Å². The van der Waals surface area contributed by atoms with Crippen molar-refractivity contribution in [3.05, 3.63) is 54.0 Å². The van der Waals surface area contributed by atoms with Crippen LogP contribution in [0.5, 0.6) is 5.88 Å². The summed E-state index contributed by atoms with van der Waals surface area (Å²) < 4.78 is 18.5. The molecule has 0 bridgehead atoms. The summed E-state index contributed by atoms with van der Waals surface area (Å²) in [4.78, 5) is 13.1. The summed E-state index contributed by atoms with van der Waals surface area (Å²) in [6.45, 7) is 6.45. The Kier molecular flexibility index (Phi) is 6.46. The van der Waals surface area contributed by atoms with E-state index in [9.17, 15) is 4.39 Å². The van der Waals surface area contributed by atoms with E-state index in [0.29, 0.717) is 25.0 Å². The van der Waals surface area contributed by atoms with E-state index in [2.05, 4.69) is 26.7 Å². The van der Waals surface area contributed by atoms with Crippen molar-refractivity contribution in [3.63, 3.8) is 0 Å². The molecule has 1 aromatic carbocycles. The van der Waals surface area contributed by atoms with Gasteiger partial charge in [0, 0.05) is 44.1 Å². The van der Waals surface area contributed by atoms with Gasteiger partial charge in [0.2, 0.25) is 5.88 Å². The van der Waals surface area contributed by atoms with Crippen molar-refractivity contribution in [2.24, 2.45) is 10.7 Å². The molecule has 27 heavy (non-hydrogen) atoms. The van der Waals surface area contributed by atoms with Gasteiger partial charge in [-0.15, -0.1) is 0 Å². The molecule has 2 heterocycles. The topological polar surface area (TPSA) is 67.0 Å². The summed E-state index contributed by atoms with van der Waals surface area (Å²) in [6.07, 6.45) is 2.73. The Labute approximate surface area is 159 Å². The monoisotopic (exact) mass is 371 g/mol. The number of aliphatic imine (C=N–C) groups is 1. The number of rotatable bonds is 6. The highest BCUT2D eigenvalue weighted by atomic mass is 19.1. The summed E-state index contributed by atoms with van der Waals surface area (Å²) >= 11 is 0. The van der Waals surface area contributed by atoms with Gasteiger partial charge in [-0.25, -0.2) is 14.4 Å². The van der Waals surface area contributed by atoms with Crippen LogP contribution >= 0.6 is 0 Å². The van der Waals surface area contributed by atoms with Crippen LogP contribution in [0.4, 0.5) is 10.1 Å². The number of ether oxygens (including phenoxy) is 1. The van der Waals surface area contributed by atoms with E-state index in [-0.39, 0.29) is 5.82 Å². The van der Waals surface area contributed by atoms with Crippen molar-refractivity contribution >= 4 is 11.6 Å². The molecule has 6 nitrogen and oxygen atoms in total. The Hall–Kier alpha value is -2.83. The molecule has 2 aromatic rings. The minimum atomic E-state index is -0.215. The average molecular weight is 371 g/mol. The Bertz CT molecular complexity index is 740. The zero-order valence-corrected chi connectivity index (χ0v) is 15.6. The van der Waals surface area contributed by atoms with E-state index in [0.717, 1.165) is 43.9 Å². The molecule has 3 rings (SSSR count). The van der Waals surface area contributed by atoms with Crippen LogP contribution in [0.15, 0.2) is 47.6 Å². The normalized spacial score (nSPS) is 15.1. The lowest BCUT2D eigenvalue weighted by molar-refractivity contribution is 0.305. The lowest BCUT2D eigenvalue weighted by Crippen LogP contribution is -2.51. The number of aromatic nitrogens is 1. The number of guanidine groups is 1. The van der Waals surface area contributed by atoms with Gasteiger partial charge in [0.05, 0.1) is 13.2 Å². The van der Waals surface area contributed by atoms with Gasteiger partial charge >= 0.3 is 0 Å². The Morgan fingerprint density at radius 3 is 2.52 bits per heavy atom. The molecule has 1 fully saturated rings. The minimum Gasteiger partial charge on any atom is -0.478 e. The lowest BCUT2D eigenvalue weighted by Gasteiger charge is -2.36. The highest BCUT2D eigenvalue weighted by Gasteiger charge is 2.18. The standard InChI is InChI=1S/C20H26FN5O/c1-2-13-27-19-8-3-16(14-23-19)15-24-20(22)26-11-9-25(10-12-26)18-6-4-17(21)5-7-18/h3-8,14H,2,9-13,15H2,1H3,(H2,22,24). The van der Waals surface area contributed by atoms with Gasteiger partial charge in [-0.3, -0.25) is 0 Å². The van der Waals surface area contributed by atoms with Gasteiger partial charge in [-0.05, 0) is 36.2 Å². The van der Waals surface area contributed by atoms with Crippen LogP contribution in [-0.4, -0.2) is 48.6 Å². The quantitative estimate of drug-likeness (QED) is 0.625. The molecule has 0 aliphatic carbocycles. The number of piperazine rings is 1. The smallest absolute Gasteiger partial charge is 0.213 e. The number of nitrogens with zero attached hydrogens (tertiary/aromatic N) is 4. The molecule has 7 heteroatoms. The fourth-order valence-corrected chi connectivity index (χ4v) is 2.91. The van der Waals surface area contributed by atoms with Crippen molar-refractivity contribution in [2.75, 3.05) is 37.7 Å². The van der Waals surface area contributed by atoms with Crippen molar-refractivity contribution in [1.82, 2.24) is 9.88 Å². The molecular weight excluding hydrogens is 345 g/mol. The van der Waals surface area contributed by atoms with E-state index >= 15 is 0 Å². The van der Waals surface area contributed by atoms with Crippen LogP contribution in [-0.2, 0) is 6.54 Å². The number of halogens is 1. The van der Waals surface area contributed by atoms with Crippen molar-refractivity contribution in [2.45, 2.75) is 19.9 Å². The molecule has 0 unspecified atom stereocenters. The van der Waals surface area contributed by atoms with Crippen LogP contribution < -0.4 is 15.4 Å². The first-order valence-corrected chi connectivity index (χ1v) is 9.29. The summed E-state index contributed by atoms with van der Waals surface area (Å²) in [5.41, 5.74) is 8.18. The van der Waals surface area contributed by atoms with Crippen molar-refractivity contribution < 1.29 is 9.13 Å². The van der Waals surface area contributed by atoms with Crippen LogP contribution in [0.1, 0.15) is 18.9 Å². The molecule has 2 N–H and O–H groups in total. The summed E-state index contributed by atoms with van der Waals surface area (Å²) in [5.74, 6) is 0.961. The molecule has 0 spiro atoms. The van der Waals surface area contributed by atoms with Gasteiger partial charge in [-0.1, -0.05) is 13.0 Å². The third kappa shape index (κ3) is 5.32. The van der Waals surface area contributed by atoms with E-state index < -0.39 is 0 Å². The maximum absolute atomic E-state index is 13.1. The van der Waals surface area contributed by atoms with Crippen molar-refractivity contribution in [1.29, 1.82) is 0 Å². The van der Waals surface area contributed by atoms with E-state index in [1.54, 1.807) is 6.20 Å². The summed E-state index contributed by atoms with van der Waals surface area (Å²) in [7, 11) is 0. The summed E-state index contributed by atoms with van der Waals surface area (Å²) in [5, 5.41) is 0. The second-order valence-electron chi connectivity index (χ2n) is 6.48. The molecule has 1 aliphatic rings. The SMILES string of the molecule is CCCOc1ccc(CN=C(N)N2CCN(c3ccc(F)cc3)CC2)cn1. The van der Waals surface area contributed by atoms with Crippen LogP contribution in [0.3, 0.4) is 0 Å². The van der Waals surface area contributed by atoms with Gasteiger partial charge in [0.1, 0.15) is 5.82 Å². The molecule has 0 amide bonds. The molecule has 0 saturated carbocycles. The zero-order chi connectivity index (χ0) is 19.1. The lowest BCUT2D eigenvalue weighted by atomic mass is 10.2. The molecule has 0 radical (unpaired) electrons. The van der Waals surface area contributed by atoms with Gasteiger partial charge in [-0.2, -0.15) is 0 Å². The molecule has 0 atom stereocenters. The third-order valence-corrected chi connectivity index (χ3v) is 4.47. The Morgan fingerprint density at radius 1 is 1.15 bits per heavy atom. The third-order valence-electron chi connectivity index (χ3n) is 4.47. The highest BCUT2D eigenvalue weighted by Crippen LogP contribution is 2.17. The zero-order valence-electron chi connectivity index (χ0n) is 15.6. The van der Waals surface area contributed by atoms with E-state index in [1.165, 1.54) is 12.1 Å². The highest BCUT2D eigenvalue weighted by molar-refractivity contribution is 5.78. The minimum absolute atomic E-state index is 0.215.